The van der Waals surface area contributed by atoms with Crippen LogP contribution in [0.15, 0.2) is 12.7 Å². The van der Waals surface area contributed by atoms with E-state index < -0.39 is 0 Å². The van der Waals surface area contributed by atoms with Crippen LogP contribution in [-0.2, 0) is 4.74 Å². The van der Waals surface area contributed by atoms with Crippen molar-refractivity contribution in [3.05, 3.63) is 12.7 Å². The molecule has 96 valence electrons. The van der Waals surface area contributed by atoms with E-state index in [2.05, 4.69) is 44.1 Å². The molecule has 0 atom stereocenters. The summed E-state index contributed by atoms with van der Waals surface area (Å²) >= 11 is 0. The Balaban J connectivity index is 4.39. The van der Waals surface area contributed by atoms with Crippen LogP contribution in [0.2, 0.25) is 0 Å². The highest BCUT2D eigenvalue weighted by molar-refractivity contribution is 4.67. The molecule has 0 amide bonds. The molecule has 0 aromatic carbocycles. The zero-order valence-corrected chi connectivity index (χ0v) is 11.4. The lowest BCUT2D eigenvalue weighted by molar-refractivity contribution is -0.147. The average molecular weight is 228 g/mol. The van der Waals surface area contributed by atoms with Crippen molar-refractivity contribution in [2.24, 2.45) is 0 Å². The second kappa shape index (κ2) is 9.82. The summed E-state index contributed by atoms with van der Waals surface area (Å²) in [6.45, 7) is 17.3. The van der Waals surface area contributed by atoms with Crippen molar-refractivity contribution in [2.75, 3.05) is 32.8 Å². The van der Waals surface area contributed by atoms with Crippen LogP contribution in [0.3, 0.4) is 0 Å². The van der Waals surface area contributed by atoms with Crippen LogP contribution in [0.4, 0.5) is 0 Å². The van der Waals surface area contributed by atoms with Crippen molar-refractivity contribution >= 4 is 0 Å². The maximum absolute atomic E-state index is 5.95. The Bertz CT molecular complexity index is 153. The lowest BCUT2D eigenvalue weighted by Gasteiger charge is -2.37. The minimum absolute atomic E-state index is 0.116. The van der Waals surface area contributed by atoms with Crippen LogP contribution >= 0.6 is 0 Å². The molecule has 16 heavy (non-hydrogen) atoms. The van der Waals surface area contributed by atoms with E-state index in [1.54, 1.807) is 0 Å². The van der Waals surface area contributed by atoms with E-state index in [0.29, 0.717) is 0 Å². The van der Waals surface area contributed by atoms with E-state index >= 15 is 0 Å². The summed E-state index contributed by atoms with van der Waals surface area (Å²) in [7, 11) is 0. The molecule has 0 aromatic heterocycles. The third-order valence-corrected chi connectivity index (χ3v) is 2.84. The Labute approximate surface area is 101 Å². The average Bonchev–Trinajstić information content (AvgIpc) is 2.31. The fraction of sp³-hybridized carbons (Fsp3) is 0.846. The van der Waals surface area contributed by atoms with Crippen molar-refractivity contribution in [1.29, 1.82) is 0 Å². The highest BCUT2D eigenvalue weighted by atomic mass is 16.5. The lowest BCUT2D eigenvalue weighted by atomic mass is 10.4. The van der Waals surface area contributed by atoms with Gasteiger partial charge in [0.15, 0.2) is 6.35 Å². The Morgan fingerprint density at radius 1 is 1.00 bits per heavy atom. The molecule has 0 saturated heterocycles. The second-order valence-corrected chi connectivity index (χ2v) is 3.72. The van der Waals surface area contributed by atoms with Crippen LogP contribution in [0, 0.1) is 0 Å². The first kappa shape index (κ1) is 15.6. The highest BCUT2D eigenvalue weighted by Crippen LogP contribution is 2.08. The molecule has 0 N–H and O–H groups in total. The predicted octanol–water partition coefficient (Wildman–Crippen LogP) is 2.55. The van der Waals surface area contributed by atoms with Crippen molar-refractivity contribution < 1.29 is 4.74 Å². The van der Waals surface area contributed by atoms with Gasteiger partial charge in [-0.25, -0.2) is 0 Å². The van der Waals surface area contributed by atoms with Gasteiger partial charge in [-0.2, -0.15) is 0 Å². The van der Waals surface area contributed by atoms with Gasteiger partial charge in [0.05, 0.1) is 6.61 Å². The Kier molecular flexibility index (Phi) is 9.59. The third kappa shape index (κ3) is 5.10. The maximum Gasteiger partial charge on any atom is 0.168 e. The first-order chi connectivity index (χ1) is 7.74. The van der Waals surface area contributed by atoms with Crippen molar-refractivity contribution in [3.63, 3.8) is 0 Å². The van der Waals surface area contributed by atoms with Gasteiger partial charge in [0, 0.05) is 0 Å². The molecule has 3 nitrogen and oxygen atoms in total. The Morgan fingerprint density at radius 2 is 1.44 bits per heavy atom. The fourth-order valence-corrected chi connectivity index (χ4v) is 1.77. The molecule has 0 heterocycles. The summed E-state index contributed by atoms with van der Waals surface area (Å²) in [5.74, 6) is 0. The Hall–Kier alpha value is -0.380. The van der Waals surface area contributed by atoms with E-state index in [4.69, 9.17) is 4.74 Å². The standard InChI is InChI=1S/C13H28N2O/c1-6-11-12-16-13(14(7-2)8-3)15(9-4)10-5/h6,13H,1,7-12H2,2-5H3. The first-order valence-electron chi connectivity index (χ1n) is 6.45. The molecule has 0 aliphatic heterocycles. The minimum Gasteiger partial charge on any atom is -0.349 e. The van der Waals surface area contributed by atoms with Gasteiger partial charge in [-0.05, 0) is 32.6 Å². The van der Waals surface area contributed by atoms with Gasteiger partial charge in [0.2, 0.25) is 0 Å². The smallest absolute Gasteiger partial charge is 0.168 e. The molecule has 3 heteroatoms. The third-order valence-electron chi connectivity index (χ3n) is 2.84. The van der Waals surface area contributed by atoms with Gasteiger partial charge in [0.1, 0.15) is 0 Å². The molecule has 0 unspecified atom stereocenters. The number of hydrogen-bond acceptors (Lipinski definition) is 3. The van der Waals surface area contributed by atoms with Gasteiger partial charge in [-0.15, -0.1) is 6.58 Å². The van der Waals surface area contributed by atoms with E-state index in [1.165, 1.54) is 0 Å². The molecule has 0 aliphatic carbocycles. The van der Waals surface area contributed by atoms with E-state index in [-0.39, 0.29) is 6.35 Å². The van der Waals surface area contributed by atoms with Crippen molar-refractivity contribution in [1.82, 2.24) is 9.80 Å². The van der Waals surface area contributed by atoms with Crippen molar-refractivity contribution in [2.45, 2.75) is 40.5 Å². The summed E-state index contributed by atoms with van der Waals surface area (Å²) in [5, 5.41) is 0. The molecule has 0 rings (SSSR count). The summed E-state index contributed by atoms with van der Waals surface area (Å²) < 4.78 is 5.95. The molecule has 0 bridgehead atoms. The molecule has 0 fully saturated rings. The van der Waals surface area contributed by atoms with Gasteiger partial charge in [-0.3, -0.25) is 9.80 Å². The number of hydrogen-bond donors (Lipinski definition) is 0. The van der Waals surface area contributed by atoms with Crippen LogP contribution in [0.25, 0.3) is 0 Å². The lowest BCUT2D eigenvalue weighted by Crippen LogP contribution is -2.50. The molecule has 0 spiro atoms. The topological polar surface area (TPSA) is 15.7 Å². The zero-order valence-electron chi connectivity index (χ0n) is 11.4. The number of nitrogens with zero attached hydrogens (tertiary/aromatic N) is 2. The largest absolute Gasteiger partial charge is 0.349 e. The summed E-state index contributed by atoms with van der Waals surface area (Å²) in [5.41, 5.74) is 0. The van der Waals surface area contributed by atoms with E-state index in [1.807, 2.05) is 6.08 Å². The molecular weight excluding hydrogens is 200 g/mol. The van der Waals surface area contributed by atoms with Gasteiger partial charge in [-0.1, -0.05) is 33.8 Å². The van der Waals surface area contributed by atoms with Crippen LogP contribution in [-0.4, -0.2) is 48.9 Å². The highest BCUT2D eigenvalue weighted by Gasteiger charge is 2.21. The predicted molar refractivity (Wildman–Crippen MR) is 70.4 cm³/mol. The van der Waals surface area contributed by atoms with Gasteiger partial charge in [0.25, 0.3) is 0 Å². The fourth-order valence-electron chi connectivity index (χ4n) is 1.77. The first-order valence-corrected chi connectivity index (χ1v) is 6.45. The SMILES string of the molecule is C=CCCOC(N(CC)CC)N(CC)CC. The Morgan fingerprint density at radius 3 is 1.75 bits per heavy atom. The van der Waals surface area contributed by atoms with E-state index in [0.717, 1.165) is 39.2 Å². The molecule has 0 saturated carbocycles. The van der Waals surface area contributed by atoms with Crippen LogP contribution < -0.4 is 0 Å². The van der Waals surface area contributed by atoms with Gasteiger partial charge < -0.3 is 4.74 Å². The summed E-state index contributed by atoms with van der Waals surface area (Å²) in [6, 6.07) is 0. The second-order valence-electron chi connectivity index (χ2n) is 3.72. The summed E-state index contributed by atoms with van der Waals surface area (Å²) in [4.78, 5) is 4.69. The molecular formula is C13H28N2O. The minimum atomic E-state index is 0.116. The monoisotopic (exact) mass is 228 g/mol. The normalized spacial score (nSPS) is 11.7. The maximum atomic E-state index is 5.95. The molecule has 0 radical (unpaired) electrons. The molecule has 0 aliphatic rings. The number of rotatable bonds is 10. The summed E-state index contributed by atoms with van der Waals surface area (Å²) in [6.07, 6.45) is 2.94. The van der Waals surface area contributed by atoms with Crippen LogP contribution in [0.1, 0.15) is 34.1 Å². The quantitative estimate of drug-likeness (QED) is 0.325. The molecule has 0 aromatic rings. The number of ether oxygens (including phenoxy) is 1. The van der Waals surface area contributed by atoms with Crippen molar-refractivity contribution in [3.8, 4) is 0 Å². The van der Waals surface area contributed by atoms with Gasteiger partial charge >= 0.3 is 0 Å². The zero-order chi connectivity index (χ0) is 12.4. The van der Waals surface area contributed by atoms with Crippen LogP contribution in [0.5, 0.6) is 0 Å². The van der Waals surface area contributed by atoms with E-state index in [9.17, 15) is 0 Å².